The number of rotatable bonds is 6. The largest absolute Gasteiger partial charge is 0.480 e. The van der Waals surface area contributed by atoms with Gasteiger partial charge in [0.05, 0.1) is 11.6 Å². The molecule has 0 bridgehead atoms. The van der Waals surface area contributed by atoms with Crippen LogP contribution in [0.15, 0.2) is 18.2 Å². The molecule has 2 rings (SSSR count). The van der Waals surface area contributed by atoms with Crippen molar-refractivity contribution in [2.75, 3.05) is 13.2 Å². The monoisotopic (exact) mass is 386 g/mol. The van der Waals surface area contributed by atoms with Crippen molar-refractivity contribution in [3.05, 3.63) is 33.8 Å². The van der Waals surface area contributed by atoms with Crippen molar-refractivity contribution in [3.63, 3.8) is 0 Å². The summed E-state index contributed by atoms with van der Waals surface area (Å²) in [6.45, 7) is 1.36. The molecule has 1 aliphatic rings. The third-order valence-electron chi connectivity index (χ3n) is 3.68. The standard InChI is InChI=1S/C17H16Cl2O6/c1-2-24-17(23)11-4-3-9(7-12(11)20)10-5-6-13(16(19)15(10)18)25-8-14(21)22/h5-7,11H,2-4,8H2,1H3,(H,21,22). The van der Waals surface area contributed by atoms with Gasteiger partial charge in [0.15, 0.2) is 12.4 Å². The lowest BCUT2D eigenvalue weighted by molar-refractivity contribution is -0.151. The molecule has 1 aromatic carbocycles. The van der Waals surface area contributed by atoms with Crippen molar-refractivity contribution >= 4 is 46.5 Å². The molecule has 134 valence electrons. The summed E-state index contributed by atoms with van der Waals surface area (Å²) in [6.07, 6.45) is 2.16. The van der Waals surface area contributed by atoms with Gasteiger partial charge in [0.25, 0.3) is 0 Å². The van der Waals surface area contributed by atoms with Crippen LogP contribution >= 0.6 is 23.2 Å². The summed E-state index contributed by atoms with van der Waals surface area (Å²) in [5.41, 5.74) is 1.20. The average molecular weight is 387 g/mol. The van der Waals surface area contributed by atoms with Gasteiger partial charge >= 0.3 is 11.9 Å². The van der Waals surface area contributed by atoms with Crippen LogP contribution in [0.1, 0.15) is 25.3 Å². The van der Waals surface area contributed by atoms with Gasteiger partial charge in [-0.05, 0) is 49.1 Å². The number of carbonyl (C=O) groups excluding carboxylic acids is 2. The molecule has 0 saturated heterocycles. The number of ether oxygens (including phenoxy) is 2. The molecule has 25 heavy (non-hydrogen) atoms. The zero-order chi connectivity index (χ0) is 18.6. The fourth-order valence-corrected chi connectivity index (χ4v) is 3.00. The van der Waals surface area contributed by atoms with E-state index in [1.54, 1.807) is 13.0 Å². The Morgan fingerprint density at radius 1 is 1.28 bits per heavy atom. The van der Waals surface area contributed by atoms with Crippen LogP contribution in [0, 0.1) is 5.92 Å². The minimum absolute atomic E-state index is 0.0706. The maximum atomic E-state index is 12.2. The molecule has 0 radical (unpaired) electrons. The van der Waals surface area contributed by atoms with E-state index in [1.807, 2.05) is 0 Å². The summed E-state index contributed by atoms with van der Waals surface area (Å²) in [4.78, 5) is 34.5. The van der Waals surface area contributed by atoms with Crippen LogP contribution < -0.4 is 4.74 Å². The summed E-state index contributed by atoms with van der Waals surface area (Å²) in [7, 11) is 0. The van der Waals surface area contributed by atoms with Gasteiger partial charge < -0.3 is 14.6 Å². The lowest BCUT2D eigenvalue weighted by atomic mass is 9.85. The summed E-state index contributed by atoms with van der Waals surface area (Å²) in [5, 5.41) is 8.88. The van der Waals surface area contributed by atoms with E-state index in [2.05, 4.69) is 0 Å². The third kappa shape index (κ3) is 4.52. The maximum Gasteiger partial charge on any atom is 0.341 e. The Kier molecular flexibility index (Phi) is 6.45. The van der Waals surface area contributed by atoms with Crippen LogP contribution in [-0.2, 0) is 19.1 Å². The van der Waals surface area contributed by atoms with Gasteiger partial charge in [0.2, 0.25) is 0 Å². The van der Waals surface area contributed by atoms with Crippen LogP contribution in [0.25, 0.3) is 5.57 Å². The first-order valence-corrected chi connectivity index (χ1v) is 8.34. The van der Waals surface area contributed by atoms with Gasteiger partial charge in [0.1, 0.15) is 16.7 Å². The Labute approximate surface area is 154 Å². The minimum atomic E-state index is -1.14. The number of hydrogen-bond donors (Lipinski definition) is 1. The van der Waals surface area contributed by atoms with Crippen molar-refractivity contribution < 1.29 is 29.0 Å². The molecular weight excluding hydrogens is 371 g/mol. The van der Waals surface area contributed by atoms with Gasteiger partial charge in [-0.15, -0.1) is 0 Å². The van der Waals surface area contributed by atoms with Gasteiger partial charge in [-0.3, -0.25) is 9.59 Å². The summed E-state index contributed by atoms with van der Waals surface area (Å²) in [5.74, 6) is -2.65. The molecule has 1 aliphatic carbocycles. The lowest BCUT2D eigenvalue weighted by Crippen LogP contribution is -2.27. The number of carbonyl (C=O) groups is 3. The summed E-state index contributed by atoms with van der Waals surface area (Å²) < 4.78 is 9.95. The first-order valence-electron chi connectivity index (χ1n) is 7.59. The number of allylic oxidation sites excluding steroid dienone is 2. The second kappa shape index (κ2) is 8.36. The molecule has 0 aromatic heterocycles. The zero-order valence-electron chi connectivity index (χ0n) is 13.4. The second-order valence-electron chi connectivity index (χ2n) is 5.34. The Hall–Kier alpha value is -2.05. The van der Waals surface area contributed by atoms with E-state index in [0.717, 1.165) is 0 Å². The number of hydrogen-bond acceptors (Lipinski definition) is 5. The molecule has 6 nitrogen and oxygen atoms in total. The number of ketones is 1. The van der Waals surface area contributed by atoms with Crippen molar-refractivity contribution in [2.24, 2.45) is 5.92 Å². The minimum Gasteiger partial charge on any atom is -0.480 e. The molecule has 1 unspecified atom stereocenters. The summed E-state index contributed by atoms with van der Waals surface area (Å²) in [6, 6.07) is 3.10. The summed E-state index contributed by atoms with van der Waals surface area (Å²) >= 11 is 12.4. The SMILES string of the molecule is CCOC(=O)C1CCC(c2ccc(OCC(=O)O)c(Cl)c2Cl)=CC1=O. The smallest absolute Gasteiger partial charge is 0.341 e. The van der Waals surface area contributed by atoms with Crippen molar-refractivity contribution in [1.29, 1.82) is 0 Å². The number of carboxylic acid groups (broad SMARTS) is 1. The van der Waals surface area contributed by atoms with E-state index in [9.17, 15) is 14.4 Å². The third-order valence-corrected chi connectivity index (χ3v) is 4.54. The second-order valence-corrected chi connectivity index (χ2v) is 6.09. The number of carboxylic acids is 1. The highest BCUT2D eigenvalue weighted by atomic mass is 35.5. The van der Waals surface area contributed by atoms with Crippen LogP contribution in [0.2, 0.25) is 10.0 Å². The number of benzene rings is 1. The fourth-order valence-electron chi connectivity index (χ4n) is 2.51. The number of esters is 1. The molecule has 0 saturated carbocycles. The predicted octanol–water partition coefficient (Wildman–Crippen LogP) is 3.38. The normalized spacial score (nSPS) is 17.0. The highest BCUT2D eigenvalue weighted by molar-refractivity contribution is 6.44. The zero-order valence-corrected chi connectivity index (χ0v) is 14.9. The van der Waals surface area contributed by atoms with Crippen molar-refractivity contribution in [1.82, 2.24) is 0 Å². The van der Waals surface area contributed by atoms with Gasteiger partial charge in [-0.25, -0.2) is 4.79 Å². The molecule has 0 heterocycles. The maximum absolute atomic E-state index is 12.2. The van der Waals surface area contributed by atoms with Crippen molar-refractivity contribution in [2.45, 2.75) is 19.8 Å². The quantitative estimate of drug-likeness (QED) is 0.595. The fraction of sp³-hybridized carbons (Fsp3) is 0.353. The molecule has 0 amide bonds. The van der Waals surface area contributed by atoms with Crippen LogP contribution in [0.3, 0.4) is 0 Å². The topological polar surface area (TPSA) is 89.9 Å². The van der Waals surface area contributed by atoms with Crippen LogP contribution in [0.4, 0.5) is 0 Å². The van der Waals surface area contributed by atoms with Gasteiger partial charge in [-0.1, -0.05) is 23.2 Å². The molecular formula is C17H16Cl2O6. The number of halogens is 2. The van der Waals surface area contributed by atoms with E-state index in [0.29, 0.717) is 24.0 Å². The van der Waals surface area contributed by atoms with Crippen LogP contribution in [0.5, 0.6) is 5.75 Å². The van der Waals surface area contributed by atoms with Gasteiger partial charge in [-0.2, -0.15) is 0 Å². The van der Waals surface area contributed by atoms with E-state index in [4.69, 9.17) is 37.8 Å². The molecule has 0 aliphatic heterocycles. The van der Waals surface area contributed by atoms with E-state index < -0.39 is 24.5 Å². The first-order chi connectivity index (χ1) is 11.8. The highest BCUT2D eigenvalue weighted by Crippen LogP contribution is 2.40. The van der Waals surface area contributed by atoms with Crippen LogP contribution in [-0.4, -0.2) is 36.0 Å². The lowest BCUT2D eigenvalue weighted by Gasteiger charge is -2.21. The Balaban J connectivity index is 2.23. The number of aliphatic carboxylic acids is 1. The van der Waals surface area contributed by atoms with Crippen molar-refractivity contribution in [3.8, 4) is 5.75 Å². The Morgan fingerprint density at radius 2 is 2.00 bits per heavy atom. The van der Waals surface area contributed by atoms with Gasteiger partial charge in [0, 0.05) is 0 Å². The molecule has 0 fully saturated rings. The predicted molar refractivity (Wildman–Crippen MR) is 91.9 cm³/mol. The van der Waals surface area contributed by atoms with E-state index >= 15 is 0 Å². The van der Waals surface area contributed by atoms with E-state index in [1.165, 1.54) is 12.1 Å². The molecule has 8 heteroatoms. The molecule has 1 aromatic rings. The highest BCUT2D eigenvalue weighted by Gasteiger charge is 2.31. The Bertz CT molecular complexity index is 741. The molecule has 0 spiro atoms. The first kappa shape index (κ1) is 19.3. The Morgan fingerprint density at radius 3 is 2.60 bits per heavy atom. The molecule has 1 N–H and O–H groups in total. The average Bonchev–Trinajstić information content (AvgIpc) is 2.56. The van der Waals surface area contributed by atoms with E-state index in [-0.39, 0.29) is 28.2 Å². The molecule has 1 atom stereocenters.